The van der Waals surface area contributed by atoms with Crippen molar-refractivity contribution >= 4 is 11.3 Å². The summed E-state index contributed by atoms with van der Waals surface area (Å²) in [5, 5.41) is 5.16. The van der Waals surface area contributed by atoms with Crippen molar-refractivity contribution < 1.29 is 17.9 Å². The van der Waals surface area contributed by atoms with E-state index in [0.717, 1.165) is 28.3 Å². The van der Waals surface area contributed by atoms with Crippen LogP contribution >= 0.6 is 11.3 Å². The minimum absolute atomic E-state index is 0.133. The molecule has 2 aromatic rings. The molecule has 2 nitrogen and oxygen atoms in total. The number of ether oxygens (including phenoxy) is 1. The second kappa shape index (κ2) is 6.49. The second-order valence-electron chi connectivity index (χ2n) is 4.50. The molecule has 0 aliphatic carbocycles. The summed E-state index contributed by atoms with van der Waals surface area (Å²) in [5.74, 6) is 0.754. The third-order valence-electron chi connectivity index (χ3n) is 3.10. The Labute approximate surface area is 125 Å². The number of hydrogen-bond donors (Lipinski definition) is 1. The average Bonchev–Trinajstić information content (AvgIpc) is 2.92. The molecular formula is C15H16F3NOS. The molecule has 0 fully saturated rings. The fraction of sp³-hybridized carbons (Fsp3) is 0.333. The molecule has 114 valence electrons. The van der Waals surface area contributed by atoms with Gasteiger partial charge in [-0.25, -0.2) is 0 Å². The largest absolute Gasteiger partial charge is 0.496 e. The van der Waals surface area contributed by atoms with E-state index in [4.69, 9.17) is 4.74 Å². The van der Waals surface area contributed by atoms with Gasteiger partial charge in [0.15, 0.2) is 0 Å². The molecule has 1 aromatic heterocycles. The Morgan fingerprint density at radius 2 is 1.90 bits per heavy atom. The number of thiophene rings is 1. The van der Waals surface area contributed by atoms with Crippen LogP contribution in [0.1, 0.15) is 29.0 Å². The predicted octanol–water partition coefficient (Wildman–Crippen LogP) is 4.47. The molecule has 21 heavy (non-hydrogen) atoms. The maximum Gasteiger partial charge on any atom is 0.416 e. The van der Waals surface area contributed by atoms with Crippen LogP contribution in [0.3, 0.4) is 0 Å². The zero-order valence-corrected chi connectivity index (χ0v) is 12.5. The molecule has 0 amide bonds. The topological polar surface area (TPSA) is 21.3 Å². The van der Waals surface area contributed by atoms with E-state index in [2.05, 4.69) is 5.32 Å². The maximum absolute atomic E-state index is 12.6. The monoisotopic (exact) mass is 315 g/mol. The highest BCUT2D eigenvalue weighted by Gasteiger charge is 2.30. The average molecular weight is 315 g/mol. The molecule has 1 unspecified atom stereocenters. The normalized spacial score (nSPS) is 13.2. The van der Waals surface area contributed by atoms with Gasteiger partial charge in [0.25, 0.3) is 0 Å². The Hall–Kier alpha value is -1.53. The van der Waals surface area contributed by atoms with Gasteiger partial charge in [0.1, 0.15) is 5.75 Å². The van der Waals surface area contributed by atoms with Crippen molar-refractivity contribution in [3.63, 3.8) is 0 Å². The lowest BCUT2D eigenvalue weighted by Crippen LogP contribution is -2.21. The van der Waals surface area contributed by atoms with Crippen molar-refractivity contribution in [1.29, 1.82) is 0 Å². The third kappa shape index (κ3) is 3.77. The van der Waals surface area contributed by atoms with Crippen LogP contribution in [0.2, 0.25) is 0 Å². The molecular weight excluding hydrogens is 299 g/mol. The minimum atomic E-state index is -4.31. The standard InChI is InChI=1S/C15H16F3NOS/c1-3-19-14(13-8-12(20-2)9-21-13)10-4-6-11(7-5-10)15(16,17)18/h4-9,14,19H,3H2,1-2H3. The Kier molecular flexibility index (Phi) is 4.90. The number of halogens is 3. The first kappa shape index (κ1) is 15.9. The van der Waals surface area contributed by atoms with E-state index < -0.39 is 11.7 Å². The highest BCUT2D eigenvalue weighted by atomic mass is 32.1. The van der Waals surface area contributed by atoms with Gasteiger partial charge in [0, 0.05) is 10.3 Å². The molecule has 0 spiro atoms. The fourth-order valence-electron chi connectivity index (χ4n) is 2.04. The lowest BCUT2D eigenvalue weighted by Gasteiger charge is -2.17. The summed E-state index contributed by atoms with van der Waals surface area (Å²) in [5.41, 5.74) is 0.166. The number of methoxy groups -OCH3 is 1. The molecule has 0 aliphatic heterocycles. The van der Waals surface area contributed by atoms with Crippen molar-refractivity contribution in [2.45, 2.75) is 19.1 Å². The molecule has 0 saturated carbocycles. The second-order valence-corrected chi connectivity index (χ2v) is 5.44. The van der Waals surface area contributed by atoms with Crippen LogP contribution in [0.15, 0.2) is 35.7 Å². The number of rotatable bonds is 5. The van der Waals surface area contributed by atoms with Gasteiger partial charge in [0.2, 0.25) is 0 Å². The van der Waals surface area contributed by atoms with Gasteiger partial charge in [0.05, 0.1) is 18.7 Å². The van der Waals surface area contributed by atoms with E-state index in [-0.39, 0.29) is 6.04 Å². The van der Waals surface area contributed by atoms with E-state index in [1.165, 1.54) is 23.5 Å². The summed E-state index contributed by atoms with van der Waals surface area (Å²) in [6.07, 6.45) is -4.31. The van der Waals surface area contributed by atoms with Crippen LogP contribution in [0.4, 0.5) is 13.2 Å². The molecule has 0 aliphatic rings. The molecule has 1 heterocycles. The van der Waals surface area contributed by atoms with Crippen LogP contribution in [-0.2, 0) is 6.18 Å². The summed E-state index contributed by atoms with van der Waals surface area (Å²) in [6, 6.07) is 7.03. The van der Waals surface area contributed by atoms with Gasteiger partial charge >= 0.3 is 6.18 Å². The molecule has 1 atom stereocenters. The summed E-state index contributed by atoms with van der Waals surface area (Å²) >= 11 is 1.52. The first-order valence-electron chi connectivity index (χ1n) is 6.48. The van der Waals surface area contributed by atoms with Crippen molar-refractivity contribution in [2.75, 3.05) is 13.7 Å². The molecule has 2 rings (SSSR count). The van der Waals surface area contributed by atoms with E-state index >= 15 is 0 Å². The number of hydrogen-bond acceptors (Lipinski definition) is 3. The quantitative estimate of drug-likeness (QED) is 0.878. The number of benzene rings is 1. The maximum atomic E-state index is 12.6. The van der Waals surface area contributed by atoms with Crippen LogP contribution < -0.4 is 10.1 Å². The van der Waals surface area contributed by atoms with Gasteiger partial charge in [-0.2, -0.15) is 13.2 Å². The molecule has 0 bridgehead atoms. The van der Waals surface area contributed by atoms with E-state index in [1.807, 2.05) is 18.4 Å². The van der Waals surface area contributed by atoms with E-state index in [1.54, 1.807) is 7.11 Å². The van der Waals surface area contributed by atoms with Crippen molar-refractivity contribution in [2.24, 2.45) is 0 Å². The van der Waals surface area contributed by atoms with Gasteiger partial charge in [-0.3, -0.25) is 0 Å². The molecule has 1 aromatic carbocycles. The zero-order chi connectivity index (χ0) is 15.5. The lowest BCUT2D eigenvalue weighted by molar-refractivity contribution is -0.137. The van der Waals surface area contributed by atoms with Gasteiger partial charge in [-0.1, -0.05) is 19.1 Å². The molecule has 0 saturated heterocycles. The van der Waals surface area contributed by atoms with Gasteiger partial charge < -0.3 is 10.1 Å². The van der Waals surface area contributed by atoms with Crippen molar-refractivity contribution in [3.05, 3.63) is 51.7 Å². The lowest BCUT2D eigenvalue weighted by atomic mass is 10.0. The number of alkyl halides is 3. The molecule has 1 N–H and O–H groups in total. The number of nitrogens with one attached hydrogen (secondary N) is 1. The van der Waals surface area contributed by atoms with Gasteiger partial charge in [-0.15, -0.1) is 11.3 Å². The van der Waals surface area contributed by atoms with Crippen LogP contribution in [0.5, 0.6) is 5.75 Å². The van der Waals surface area contributed by atoms with E-state index in [0.29, 0.717) is 6.54 Å². The highest BCUT2D eigenvalue weighted by Crippen LogP contribution is 2.33. The van der Waals surface area contributed by atoms with Crippen LogP contribution in [-0.4, -0.2) is 13.7 Å². The van der Waals surface area contributed by atoms with Crippen LogP contribution in [0.25, 0.3) is 0 Å². The Bertz CT molecular complexity index is 577. The van der Waals surface area contributed by atoms with Crippen molar-refractivity contribution in [3.8, 4) is 5.75 Å². The summed E-state index contributed by atoms with van der Waals surface area (Å²) < 4.78 is 43.0. The van der Waals surface area contributed by atoms with E-state index in [9.17, 15) is 13.2 Å². The van der Waals surface area contributed by atoms with Crippen LogP contribution in [0, 0.1) is 0 Å². The Morgan fingerprint density at radius 3 is 2.38 bits per heavy atom. The molecule has 0 radical (unpaired) electrons. The summed E-state index contributed by atoms with van der Waals surface area (Å²) in [4.78, 5) is 1.01. The fourth-order valence-corrected chi connectivity index (χ4v) is 3.00. The smallest absolute Gasteiger partial charge is 0.416 e. The summed E-state index contributed by atoms with van der Waals surface area (Å²) in [6.45, 7) is 2.67. The zero-order valence-electron chi connectivity index (χ0n) is 11.7. The predicted molar refractivity (Wildman–Crippen MR) is 77.8 cm³/mol. The highest BCUT2D eigenvalue weighted by molar-refractivity contribution is 7.10. The third-order valence-corrected chi connectivity index (χ3v) is 4.07. The summed E-state index contributed by atoms with van der Waals surface area (Å²) in [7, 11) is 1.59. The first-order valence-corrected chi connectivity index (χ1v) is 7.36. The first-order chi connectivity index (χ1) is 9.95. The SMILES string of the molecule is CCNC(c1ccc(C(F)(F)F)cc1)c1cc(OC)cs1. The minimum Gasteiger partial charge on any atom is -0.496 e. The van der Waals surface area contributed by atoms with Crippen molar-refractivity contribution in [1.82, 2.24) is 5.32 Å². The Morgan fingerprint density at radius 1 is 1.24 bits per heavy atom. The van der Waals surface area contributed by atoms with Gasteiger partial charge in [-0.05, 0) is 30.3 Å². The molecule has 6 heteroatoms. The Balaban J connectivity index is 2.29.